The maximum Gasteiger partial charge on any atom is 0.246 e. The van der Waals surface area contributed by atoms with Gasteiger partial charge >= 0.3 is 0 Å². The molecule has 1 amide bonds. The maximum absolute atomic E-state index is 12.3. The number of hydrogen-bond donors (Lipinski definition) is 6. The van der Waals surface area contributed by atoms with Crippen LogP contribution in [0.15, 0.2) is 68.4 Å². The number of aromatic amines is 1. The smallest absolute Gasteiger partial charge is 0.246 e. The number of aliphatic hydroxyl groups excluding tert-OH is 1. The van der Waals surface area contributed by atoms with E-state index in [0.29, 0.717) is 43.0 Å². The van der Waals surface area contributed by atoms with Gasteiger partial charge in [0.2, 0.25) is 5.91 Å². The number of nitriles is 3. The highest BCUT2D eigenvalue weighted by Gasteiger charge is 2.33. The second-order valence-corrected chi connectivity index (χ2v) is 22.6. The van der Waals surface area contributed by atoms with Gasteiger partial charge in [-0.15, -0.1) is 0 Å². The number of nitrogens with zero attached hydrogens (tertiary/aromatic N) is 14. The minimum Gasteiger partial charge on any atom is -0.396 e. The van der Waals surface area contributed by atoms with Gasteiger partial charge in [-0.1, -0.05) is 19.4 Å². The second kappa shape index (κ2) is 27.6. The molecule has 10 heterocycles. The highest BCUT2D eigenvalue weighted by atomic mass is 16.3. The summed E-state index contributed by atoms with van der Waals surface area (Å²) in [5.74, 6) is 4.77. The van der Waals surface area contributed by atoms with Crippen molar-refractivity contribution in [2.24, 2.45) is 49.6 Å². The molecule has 0 aromatic carbocycles. The first kappa shape index (κ1) is 56.5. The summed E-state index contributed by atoms with van der Waals surface area (Å²) in [7, 11) is 4.00. The Morgan fingerprint density at radius 2 is 1.20 bits per heavy atom. The number of aryl methyl sites for hydroxylation is 2. The van der Waals surface area contributed by atoms with Crippen LogP contribution in [0.4, 0.5) is 17.5 Å². The monoisotopic (exact) mass is 1070 g/mol. The number of amides is 1. The normalized spacial score (nSPS) is 26.1. The lowest BCUT2D eigenvalue weighted by atomic mass is 9.85. The Labute approximate surface area is 463 Å². The minimum absolute atomic E-state index is 0.0395. The number of anilines is 3. The summed E-state index contributed by atoms with van der Waals surface area (Å²) in [5.41, 5.74) is 2.72. The van der Waals surface area contributed by atoms with E-state index < -0.39 is 0 Å². The molecule has 4 aliphatic heterocycles. The largest absolute Gasteiger partial charge is 0.396 e. The van der Waals surface area contributed by atoms with Gasteiger partial charge in [0.1, 0.15) is 53.4 Å². The minimum atomic E-state index is -0.0395. The van der Waals surface area contributed by atoms with Gasteiger partial charge in [-0.05, 0) is 126 Å². The quantitative estimate of drug-likeness (QED) is 0.0719. The summed E-state index contributed by atoms with van der Waals surface area (Å²) in [4.78, 5) is 48.3. The molecule has 418 valence electrons. The van der Waals surface area contributed by atoms with Crippen LogP contribution in [0.2, 0.25) is 0 Å². The van der Waals surface area contributed by atoms with Crippen LogP contribution in [0.1, 0.15) is 77.0 Å². The molecular formula is C58H79N19O2. The lowest BCUT2D eigenvalue weighted by molar-refractivity contribution is -0.128. The first-order chi connectivity index (χ1) is 38.6. The zero-order valence-electron chi connectivity index (χ0n) is 46.1. The Morgan fingerprint density at radius 1 is 0.658 bits per heavy atom. The van der Waals surface area contributed by atoms with Crippen molar-refractivity contribution in [1.82, 2.24) is 64.0 Å². The van der Waals surface area contributed by atoms with E-state index in [-0.39, 0.29) is 23.8 Å². The van der Waals surface area contributed by atoms with Crippen molar-refractivity contribution in [2.45, 2.75) is 95.2 Å². The number of H-pyrrole nitrogens is 1. The third-order valence-corrected chi connectivity index (χ3v) is 16.7. The van der Waals surface area contributed by atoms with Crippen molar-refractivity contribution in [3.8, 4) is 18.2 Å². The molecule has 6 aliphatic rings. The molecule has 0 bridgehead atoms. The van der Waals surface area contributed by atoms with E-state index in [1.165, 1.54) is 38.2 Å². The summed E-state index contributed by atoms with van der Waals surface area (Å²) in [5, 5.41) is 52.7. The van der Waals surface area contributed by atoms with E-state index >= 15 is 0 Å². The zero-order chi connectivity index (χ0) is 55.1. The summed E-state index contributed by atoms with van der Waals surface area (Å²) < 4.78 is 4.03. The molecule has 0 radical (unpaired) electrons. The fourth-order valence-electron chi connectivity index (χ4n) is 12.6. The number of piperidine rings is 1. The summed E-state index contributed by atoms with van der Waals surface area (Å²) in [6.45, 7) is 13.1. The number of hydrogen-bond acceptors (Lipinski definition) is 17. The van der Waals surface area contributed by atoms with Crippen LogP contribution >= 0.6 is 0 Å². The molecule has 79 heavy (non-hydrogen) atoms. The van der Waals surface area contributed by atoms with E-state index in [1.807, 2.05) is 58.9 Å². The molecule has 6 aromatic heterocycles. The second-order valence-electron chi connectivity index (χ2n) is 22.6. The molecule has 6 aromatic rings. The predicted molar refractivity (Wildman–Crippen MR) is 306 cm³/mol. The molecule has 12 rings (SSSR count). The van der Waals surface area contributed by atoms with Gasteiger partial charge in [0.15, 0.2) is 0 Å². The van der Waals surface area contributed by atoms with Gasteiger partial charge in [0.25, 0.3) is 0 Å². The number of nitrogens with one attached hydrogen (secondary N) is 5. The fourth-order valence-corrected chi connectivity index (χ4v) is 12.6. The fraction of sp³-hybridized carbons (Fsp3) is 0.586. The summed E-state index contributed by atoms with van der Waals surface area (Å²) in [6.07, 6.45) is 25.5. The van der Waals surface area contributed by atoms with Gasteiger partial charge in [0.05, 0.1) is 52.1 Å². The number of carbonyl (C=O) groups is 1. The number of aromatic nitrogens is 9. The molecule has 6 N–H and O–H groups in total. The van der Waals surface area contributed by atoms with Crippen LogP contribution in [0, 0.1) is 69.5 Å². The van der Waals surface area contributed by atoms with E-state index in [2.05, 4.69) is 96.8 Å². The van der Waals surface area contributed by atoms with Crippen molar-refractivity contribution in [3.63, 3.8) is 0 Å². The Kier molecular flexibility index (Phi) is 19.7. The number of rotatable bonds is 12. The molecule has 6 fully saturated rings. The number of likely N-dealkylation sites (tertiary alicyclic amines) is 3. The van der Waals surface area contributed by atoms with Crippen LogP contribution in [-0.4, -0.2) is 160 Å². The van der Waals surface area contributed by atoms with Gasteiger partial charge < -0.3 is 55.2 Å². The molecule has 9 atom stereocenters. The van der Waals surface area contributed by atoms with Crippen LogP contribution in [0.5, 0.6) is 0 Å². The van der Waals surface area contributed by atoms with E-state index in [4.69, 9.17) is 15.8 Å². The highest BCUT2D eigenvalue weighted by Crippen LogP contribution is 2.32. The van der Waals surface area contributed by atoms with Crippen LogP contribution in [-0.2, 0) is 18.9 Å². The molecule has 21 nitrogen and oxygen atoms in total. The highest BCUT2D eigenvalue weighted by molar-refractivity contribution is 5.89. The van der Waals surface area contributed by atoms with Crippen LogP contribution in [0.25, 0.3) is 33.1 Å². The summed E-state index contributed by atoms with van der Waals surface area (Å²) in [6, 6.07) is 14.1. The first-order valence-corrected chi connectivity index (χ1v) is 28.6. The SMILES string of the molecule is C=CC(=O)N1C[C@@H](CN2CC[C@H](C#N)C2)C[C@@H](Nc2ncnc3[nH]ccc23)C1.Cn1ccc2c(N[C@H]3CCC[C@@H](CN4CC[C@H](C#N)C4)C3)ncnc21.Cn1ccc2c(N[C@H]3CCC[C@@H](CO)C3)ncnc21.N#C[C@H]1CCNC1. The van der Waals surface area contributed by atoms with Gasteiger partial charge in [0, 0.05) is 103 Å². The Hall–Kier alpha value is -7.22. The van der Waals surface area contributed by atoms with Crippen molar-refractivity contribution >= 4 is 56.5 Å². The average Bonchev–Trinajstić information content (AvgIpc) is 4.38. The van der Waals surface area contributed by atoms with Gasteiger partial charge in [-0.2, -0.15) is 15.8 Å². The van der Waals surface area contributed by atoms with Gasteiger partial charge in [-0.3, -0.25) is 4.79 Å². The molecule has 0 spiro atoms. The molecule has 21 heteroatoms. The molecule has 0 unspecified atom stereocenters. The lowest BCUT2D eigenvalue weighted by Crippen LogP contribution is -2.50. The molecule has 2 saturated carbocycles. The standard InChI is InChI=1S/C20H25N7O.C19H26N6.C14H20N4O.C5H8N2/c1-2-18(28)27-11-15(10-26-6-4-14(8-21)9-26)7-16(12-27)25-20-17-3-5-22-19(17)23-13-24-20;1-24-7-6-17-18(21-13-22-19(17)24)23-16-4-2-3-14(9-16)11-25-8-5-15(10-20)12-25;1-18-6-5-12-13(15-9-16-14(12)18)17-11-4-2-3-10(7-11)8-19;6-3-5-1-2-7-4-5/h2-3,5,13-16H,1,4,6-7,9-12H2,(H2,22,23,24,25);6-7,13-16H,2-5,8-9,11-12H2,1H3,(H,21,22,23);5-6,9-11,19H,2-4,7-8H2,1H3,(H,15,16,17);5,7H,1-2,4H2/t14-,15-,16-;14-,15-,16+;10-,11+;5-/m1111/s1. The number of aliphatic hydroxyl groups is 1. The molecular weight excluding hydrogens is 995 g/mol. The van der Waals surface area contributed by atoms with Crippen molar-refractivity contribution < 1.29 is 9.90 Å². The van der Waals surface area contributed by atoms with E-state index in [0.717, 1.165) is 160 Å². The average molecular weight is 1070 g/mol. The maximum atomic E-state index is 12.3. The van der Waals surface area contributed by atoms with E-state index in [1.54, 1.807) is 19.0 Å². The third kappa shape index (κ3) is 14.9. The number of fused-ring (bicyclic) bond motifs is 3. The summed E-state index contributed by atoms with van der Waals surface area (Å²) >= 11 is 0. The number of carbonyl (C=O) groups excluding carboxylic acids is 1. The molecule has 2 aliphatic carbocycles. The van der Waals surface area contributed by atoms with E-state index in [9.17, 15) is 9.90 Å². The third-order valence-electron chi connectivity index (χ3n) is 16.7. The van der Waals surface area contributed by atoms with Crippen LogP contribution < -0.4 is 21.3 Å². The predicted octanol–water partition coefficient (Wildman–Crippen LogP) is 6.45. The Morgan fingerprint density at radius 3 is 1.75 bits per heavy atom. The Balaban J connectivity index is 0.000000137. The van der Waals surface area contributed by atoms with Crippen molar-refractivity contribution in [2.75, 3.05) is 88.0 Å². The first-order valence-electron chi connectivity index (χ1n) is 28.6. The zero-order valence-corrected chi connectivity index (χ0v) is 46.1. The van der Waals surface area contributed by atoms with Crippen LogP contribution in [0.3, 0.4) is 0 Å². The topological polar surface area (TPSA) is 269 Å². The molecule has 4 saturated heterocycles. The van der Waals surface area contributed by atoms with Gasteiger partial charge in [-0.25, -0.2) is 29.9 Å². The Bertz CT molecular complexity index is 3070. The van der Waals surface area contributed by atoms with Crippen molar-refractivity contribution in [3.05, 3.63) is 68.4 Å². The van der Waals surface area contributed by atoms with Crippen molar-refractivity contribution in [1.29, 1.82) is 15.8 Å². The lowest BCUT2D eigenvalue weighted by Gasteiger charge is -2.39.